The monoisotopic (exact) mass is 397 g/mol. The van der Waals surface area contributed by atoms with Gasteiger partial charge in [-0.25, -0.2) is 4.98 Å². The Morgan fingerprint density at radius 1 is 1.03 bits per heavy atom. The maximum atomic E-state index is 12.4. The summed E-state index contributed by atoms with van der Waals surface area (Å²) in [4.78, 5) is 16.5. The lowest BCUT2D eigenvalue weighted by molar-refractivity contribution is 0.0994. The van der Waals surface area contributed by atoms with Crippen molar-refractivity contribution in [3.8, 4) is 22.5 Å². The van der Waals surface area contributed by atoms with Gasteiger partial charge in [0.2, 0.25) is 0 Å². The van der Waals surface area contributed by atoms with Gasteiger partial charge in [-0.1, -0.05) is 57.0 Å². The van der Waals surface area contributed by atoms with Gasteiger partial charge in [0, 0.05) is 17.5 Å². The van der Waals surface area contributed by atoms with Crippen molar-refractivity contribution in [2.75, 3.05) is 0 Å². The highest BCUT2D eigenvalue weighted by atomic mass is 16.3. The Hall–Kier alpha value is -2.94. The highest BCUT2D eigenvalue weighted by molar-refractivity contribution is 6.09. The molecule has 0 N–H and O–H groups in total. The molecule has 0 amide bonds. The summed E-state index contributed by atoms with van der Waals surface area (Å²) in [5.41, 5.74) is 9.49. The van der Waals surface area contributed by atoms with E-state index in [1.807, 2.05) is 6.07 Å². The SMILES string of the molecule is CCC(CC)CCC=C1c2ccc(-c3cnco3)cc2-c2c1ccc1c2CCC1=O. The van der Waals surface area contributed by atoms with Crippen LogP contribution in [-0.2, 0) is 6.42 Å². The lowest BCUT2D eigenvalue weighted by Crippen LogP contribution is -1.96. The third-order valence-electron chi connectivity index (χ3n) is 6.88. The number of rotatable bonds is 6. The Kier molecular flexibility index (Phi) is 4.90. The second-order valence-electron chi connectivity index (χ2n) is 8.44. The number of nitrogens with zero attached hydrogens (tertiary/aromatic N) is 1. The quantitative estimate of drug-likeness (QED) is 0.348. The number of Topliss-reactive ketones (excluding diaryl/α,β-unsaturated/α-hetero) is 1. The molecule has 0 spiro atoms. The van der Waals surface area contributed by atoms with E-state index < -0.39 is 0 Å². The average Bonchev–Trinajstić information content (AvgIpc) is 3.50. The Balaban J connectivity index is 1.63. The molecule has 0 saturated heterocycles. The third kappa shape index (κ3) is 3.04. The van der Waals surface area contributed by atoms with Crippen LogP contribution in [0.3, 0.4) is 0 Å². The minimum absolute atomic E-state index is 0.270. The van der Waals surface area contributed by atoms with Crippen LogP contribution in [0.15, 0.2) is 53.4 Å². The minimum Gasteiger partial charge on any atom is -0.444 e. The summed E-state index contributed by atoms with van der Waals surface area (Å²) in [6.45, 7) is 4.57. The van der Waals surface area contributed by atoms with Crippen LogP contribution >= 0.6 is 0 Å². The van der Waals surface area contributed by atoms with E-state index in [1.165, 1.54) is 59.0 Å². The van der Waals surface area contributed by atoms with Gasteiger partial charge in [-0.2, -0.15) is 0 Å². The van der Waals surface area contributed by atoms with Crippen LogP contribution in [0.25, 0.3) is 28.0 Å². The van der Waals surface area contributed by atoms with Crippen LogP contribution in [0, 0.1) is 5.92 Å². The molecule has 0 atom stereocenters. The first-order valence-corrected chi connectivity index (χ1v) is 11.1. The second-order valence-corrected chi connectivity index (χ2v) is 8.44. The van der Waals surface area contributed by atoms with Gasteiger partial charge in [-0.3, -0.25) is 4.79 Å². The zero-order valence-corrected chi connectivity index (χ0v) is 17.7. The molecule has 0 unspecified atom stereocenters. The van der Waals surface area contributed by atoms with Gasteiger partial charge in [0.15, 0.2) is 17.9 Å². The van der Waals surface area contributed by atoms with E-state index in [4.69, 9.17) is 4.42 Å². The van der Waals surface area contributed by atoms with Crippen LogP contribution in [0.5, 0.6) is 0 Å². The predicted molar refractivity (Wildman–Crippen MR) is 120 cm³/mol. The van der Waals surface area contributed by atoms with Crippen molar-refractivity contribution in [2.45, 2.75) is 52.4 Å². The highest BCUT2D eigenvalue weighted by Crippen LogP contribution is 2.49. The van der Waals surface area contributed by atoms with Crippen molar-refractivity contribution in [1.82, 2.24) is 4.98 Å². The molecular formula is C27H27NO2. The Morgan fingerprint density at radius 2 is 1.83 bits per heavy atom. The molecule has 3 nitrogen and oxygen atoms in total. The van der Waals surface area contributed by atoms with Crippen molar-refractivity contribution in [1.29, 1.82) is 0 Å². The number of fused-ring (bicyclic) bond motifs is 5. The molecule has 3 aromatic rings. The van der Waals surface area contributed by atoms with E-state index in [1.54, 1.807) is 6.20 Å². The largest absolute Gasteiger partial charge is 0.444 e. The van der Waals surface area contributed by atoms with E-state index in [-0.39, 0.29) is 5.78 Å². The van der Waals surface area contributed by atoms with Crippen molar-refractivity contribution in [3.05, 3.63) is 71.3 Å². The van der Waals surface area contributed by atoms with E-state index in [0.717, 1.165) is 35.6 Å². The lowest BCUT2D eigenvalue weighted by Gasteiger charge is -2.11. The van der Waals surface area contributed by atoms with E-state index in [2.05, 4.69) is 49.2 Å². The molecule has 0 fully saturated rings. The first-order chi connectivity index (χ1) is 14.7. The van der Waals surface area contributed by atoms with Crippen LogP contribution in [-0.4, -0.2) is 10.8 Å². The van der Waals surface area contributed by atoms with Gasteiger partial charge in [-0.15, -0.1) is 0 Å². The number of hydrogen-bond acceptors (Lipinski definition) is 3. The molecule has 2 aromatic carbocycles. The number of ketones is 1. The standard InChI is InChI=1S/C27H27NO2/c1-3-17(4-2)6-5-7-19-20-9-8-18(26-15-28-16-30-26)14-24(20)27-22(19)11-10-21-23(27)12-13-25(21)29/h7-11,14-17H,3-6,12-13H2,1-2H3. The zero-order chi connectivity index (χ0) is 20.7. The van der Waals surface area contributed by atoms with Gasteiger partial charge in [0.25, 0.3) is 0 Å². The van der Waals surface area contributed by atoms with Gasteiger partial charge in [-0.05, 0) is 64.6 Å². The number of oxazole rings is 1. The fraction of sp³-hybridized carbons (Fsp3) is 0.333. The summed E-state index contributed by atoms with van der Waals surface area (Å²) in [5, 5.41) is 0. The van der Waals surface area contributed by atoms with Gasteiger partial charge in [0.05, 0.1) is 6.20 Å². The van der Waals surface area contributed by atoms with Crippen LogP contribution in [0.2, 0.25) is 0 Å². The fourth-order valence-corrected chi connectivity index (χ4v) is 5.10. The Labute approximate surface area is 177 Å². The molecule has 1 aromatic heterocycles. The zero-order valence-electron chi connectivity index (χ0n) is 17.7. The summed E-state index contributed by atoms with van der Waals surface area (Å²) in [5.74, 6) is 1.83. The average molecular weight is 398 g/mol. The van der Waals surface area contributed by atoms with Crippen LogP contribution < -0.4 is 0 Å². The normalized spacial score (nSPS) is 15.7. The van der Waals surface area contributed by atoms with E-state index in [0.29, 0.717) is 6.42 Å². The molecule has 2 aliphatic rings. The second kappa shape index (κ2) is 7.71. The van der Waals surface area contributed by atoms with Crippen LogP contribution in [0.4, 0.5) is 0 Å². The van der Waals surface area contributed by atoms with Crippen molar-refractivity contribution >= 4 is 11.4 Å². The van der Waals surface area contributed by atoms with Gasteiger partial charge < -0.3 is 4.42 Å². The summed E-state index contributed by atoms with van der Waals surface area (Å²) in [6.07, 6.45) is 11.9. The molecule has 5 rings (SSSR count). The van der Waals surface area contributed by atoms with Gasteiger partial charge in [0.1, 0.15) is 0 Å². The van der Waals surface area contributed by atoms with Crippen molar-refractivity contribution in [3.63, 3.8) is 0 Å². The van der Waals surface area contributed by atoms with Crippen LogP contribution in [0.1, 0.15) is 73.0 Å². The predicted octanol–water partition coefficient (Wildman–Crippen LogP) is 7.10. The Morgan fingerprint density at radius 3 is 2.60 bits per heavy atom. The molecule has 152 valence electrons. The number of benzene rings is 2. The molecule has 0 saturated carbocycles. The molecule has 2 aliphatic carbocycles. The molecule has 1 heterocycles. The summed E-state index contributed by atoms with van der Waals surface area (Å²) in [7, 11) is 0. The molecule has 30 heavy (non-hydrogen) atoms. The fourth-order valence-electron chi connectivity index (χ4n) is 5.10. The third-order valence-corrected chi connectivity index (χ3v) is 6.88. The lowest BCUT2D eigenvalue weighted by atomic mass is 9.94. The number of carbonyl (C=O) groups excluding carboxylic acids is 1. The highest BCUT2D eigenvalue weighted by Gasteiger charge is 2.31. The van der Waals surface area contributed by atoms with Gasteiger partial charge >= 0.3 is 0 Å². The van der Waals surface area contributed by atoms with E-state index in [9.17, 15) is 4.79 Å². The number of carbonyl (C=O) groups is 1. The van der Waals surface area contributed by atoms with Crippen molar-refractivity contribution < 1.29 is 9.21 Å². The maximum absolute atomic E-state index is 12.4. The van der Waals surface area contributed by atoms with Crippen molar-refractivity contribution in [2.24, 2.45) is 5.92 Å². The first-order valence-electron chi connectivity index (χ1n) is 11.1. The summed E-state index contributed by atoms with van der Waals surface area (Å²) < 4.78 is 5.54. The minimum atomic E-state index is 0.270. The topological polar surface area (TPSA) is 43.1 Å². The Bertz CT molecular complexity index is 1130. The molecule has 0 radical (unpaired) electrons. The summed E-state index contributed by atoms with van der Waals surface area (Å²) >= 11 is 0. The first kappa shape index (κ1) is 19.0. The van der Waals surface area contributed by atoms with E-state index >= 15 is 0 Å². The molecule has 0 aliphatic heterocycles. The smallest absolute Gasteiger partial charge is 0.181 e. The number of aromatic nitrogens is 1. The summed E-state index contributed by atoms with van der Waals surface area (Å²) in [6, 6.07) is 10.7. The molecule has 0 bridgehead atoms. The maximum Gasteiger partial charge on any atom is 0.181 e. The molecule has 3 heteroatoms. The molecular weight excluding hydrogens is 370 g/mol. The number of hydrogen-bond donors (Lipinski definition) is 0. The number of allylic oxidation sites excluding steroid dienone is 1.